The van der Waals surface area contributed by atoms with E-state index in [0.717, 1.165) is 50.1 Å². The summed E-state index contributed by atoms with van der Waals surface area (Å²) in [6.45, 7) is 4.74. The standard InChI is InChI=1S/C20H28N2O3/c1-3-6-18(23)22-12-10-20(15-22)9-5-11-21(19(20)24)14-16-7-4-8-17(13-16)25-2/h4,7-8,13H,3,5-6,9-12,14-15H2,1-2H3. The van der Waals surface area contributed by atoms with Crippen LogP contribution < -0.4 is 4.74 Å². The van der Waals surface area contributed by atoms with Gasteiger partial charge >= 0.3 is 0 Å². The van der Waals surface area contributed by atoms with Crippen LogP contribution in [0.15, 0.2) is 24.3 Å². The first-order valence-corrected chi connectivity index (χ1v) is 9.28. The molecule has 1 aromatic rings. The van der Waals surface area contributed by atoms with Gasteiger partial charge < -0.3 is 14.5 Å². The summed E-state index contributed by atoms with van der Waals surface area (Å²) >= 11 is 0. The first kappa shape index (κ1) is 17.8. The lowest BCUT2D eigenvalue weighted by molar-refractivity contribution is -0.146. The molecule has 3 rings (SSSR count). The van der Waals surface area contributed by atoms with Crippen LogP contribution in [0.2, 0.25) is 0 Å². The summed E-state index contributed by atoms with van der Waals surface area (Å²) in [6, 6.07) is 7.89. The summed E-state index contributed by atoms with van der Waals surface area (Å²) in [5.74, 6) is 1.22. The third kappa shape index (κ3) is 3.65. The van der Waals surface area contributed by atoms with Gasteiger partial charge in [0.05, 0.1) is 12.5 Å². The minimum atomic E-state index is -0.361. The molecule has 2 amide bonds. The Morgan fingerprint density at radius 1 is 1.28 bits per heavy atom. The fraction of sp³-hybridized carbons (Fsp3) is 0.600. The van der Waals surface area contributed by atoms with E-state index < -0.39 is 0 Å². The van der Waals surface area contributed by atoms with Crippen molar-refractivity contribution in [3.63, 3.8) is 0 Å². The normalized spacial score (nSPS) is 23.4. The second-order valence-electron chi connectivity index (χ2n) is 7.28. The molecule has 1 spiro atoms. The monoisotopic (exact) mass is 344 g/mol. The number of benzene rings is 1. The van der Waals surface area contributed by atoms with Crippen molar-refractivity contribution in [3.8, 4) is 5.75 Å². The maximum atomic E-state index is 13.2. The van der Waals surface area contributed by atoms with E-state index in [1.165, 1.54) is 0 Å². The van der Waals surface area contributed by atoms with Gasteiger partial charge in [0, 0.05) is 32.6 Å². The van der Waals surface area contributed by atoms with Crippen molar-refractivity contribution in [2.45, 2.75) is 45.6 Å². The summed E-state index contributed by atoms with van der Waals surface area (Å²) in [5.41, 5.74) is 0.724. The molecule has 0 N–H and O–H groups in total. The van der Waals surface area contributed by atoms with Crippen LogP contribution in [0.1, 0.15) is 44.6 Å². The highest BCUT2D eigenvalue weighted by Crippen LogP contribution is 2.40. The molecular formula is C20H28N2O3. The Kier molecular flexibility index (Phi) is 5.30. The lowest BCUT2D eigenvalue weighted by Gasteiger charge is -2.39. The Morgan fingerprint density at radius 3 is 2.88 bits per heavy atom. The maximum absolute atomic E-state index is 13.2. The Balaban J connectivity index is 1.70. The molecule has 25 heavy (non-hydrogen) atoms. The van der Waals surface area contributed by atoms with Crippen molar-refractivity contribution in [2.24, 2.45) is 5.41 Å². The van der Waals surface area contributed by atoms with Crippen LogP contribution in [-0.2, 0) is 16.1 Å². The number of nitrogens with zero attached hydrogens (tertiary/aromatic N) is 2. The molecule has 0 bridgehead atoms. The number of carbonyl (C=O) groups excluding carboxylic acids is 2. The molecule has 2 heterocycles. The van der Waals surface area contributed by atoms with Crippen LogP contribution >= 0.6 is 0 Å². The van der Waals surface area contributed by atoms with Crippen molar-refractivity contribution >= 4 is 11.8 Å². The summed E-state index contributed by atoms with van der Waals surface area (Å²) in [4.78, 5) is 29.3. The minimum absolute atomic E-state index is 0.192. The quantitative estimate of drug-likeness (QED) is 0.825. The topological polar surface area (TPSA) is 49.9 Å². The largest absolute Gasteiger partial charge is 0.497 e. The Bertz CT molecular complexity index is 646. The van der Waals surface area contributed by atoms with Gasteiger partial charge in [-0.25, -0.2) is 0 Å². The van der Waals surface area contributed by atoms with Crippen LogP contribution in [0.4, 0.5) is 0 Å². The van der Waals surface area contributed by atoms with E-state index in [4.69, 9.17) is 4.74 Å². The number of carbonyl (C=O) groups is 2. The second kappa shape index (κ2) is 7.46. The number of amides is 2. The second-order valence-corrected chi connectivity index (χ2v) is 7.28. The highest BCUT2D eigenvalue weighted by molar-refractivity contribution is 5.86. The lowest BCUT2D eigenvalue weighted by Crippen LogP contribution is -2.50. The maximum Gasteiger partial charge on any atom is 0.230 e. The van der Waals surface area contributed by atoms with Crippen molar-refractivity contribution in [3.05, 3.63) is 29.8 Å². The molecule has 5 heteroatoms. The average Bonchev–Trinajstić information content (AvgIpc) is 3.05. The number of hydrogen-bond donors (Lipinski definition) is 0. The zero-order chi connectivity index (χ0) is 17.9. The lowest BCUT2D eigenvalue weighted by atomic mass is 9.78. The number of hydrogen-bond acceptors (Lipinski definition) is 3. The van der Waals surface area contributed by atoms with Gasteiger partial charge in [-0.1, -0.05) is 19.1 Å². The zero-order valence-electron chi connectivity index (χ0n) is 15.3. The third-order valence-electron chi connectivity index (χ3n) is 5.50. The van der Waals surface area contributed by atoms with E-state index in [-0.39, 0.29) is 17.2 Å². The van der Waals surface area contributed by atoms with Gasteiger partial charge in [0.25, 0.3) is 0 Å². The molecule has 2 aliphatic rings. The molecule has 0 saturated carbocycles. The molecule has 2 fully saturated rings. The molecule has 1 atom stereocenters. The predicted octanol–water partition coefficient (Wildman–Crippen LogP) is 2.84. The third-order valence-corrected chi connectivity index (χ3v) is 5.50. The first-order valence-electron chi connectivity index (χ1n) is 9.28. The SMILES string of the molecule is CCCC(=O)N1CCC2(CCCN(Cc3cccc(OC)c3)C2=O)C1. The van der Waals surface area contributed by atoms with E-state index in [9.17, 15) is 9.59 Å². The van der Waals surface area contributed by atoms with E-state index in [2.05, 4.69) is 0 Å². The van der Waals surface area contributed by atoms with Crippen LogP contribution in [0.25, 0.3) is 0 Å². The number of likely N-dealkylation sites (tertiary alicyclic amines) is 2. The fourth-order valence-electron chi connectivity index (χ4n) is 4.13. The van der Waals surface area contributed by atoms with E-state index in [1.54, 1.807) is 7.11 Å². The smallest absolute Gasteiger partial charge is 0.230 e. The minimum Gasteiger partial charge on any atom is -0.497 e. The number of methoxy groups -OCH3 is 1. The Morgan fingerprint density at radius 2 is 2.12 bits per heavy atom. The van der Waals surface area contributed by atoms with Crippen LogP contribution in [0.3, 0.4) is 0 Å². The zero-order valence-corrected chi connectivity index (χ0v) is 15.3. The molecule has 136 valence electrons. The van der Waals surface area contributed by atoms with Crippen molar-refractivity contribution in [1.29, 1.82) is 0 Å². The van der Waals surface area contributed by atoms with Crippen molar-refractivity contribution < 1.29 is 14.3 Å². The fourth-order valence-corrected chi connectivity index (χ4v) is 4.13. The Hall–Kier alpha value is -2.04. The summed E-state index contributed by atoms with van der Waals surface area (Å²) in [5, 5.41) is 0. The molecular weight excluding hydrogens is 316 g/mol. The predicted molar refractivity (Wildman–Crippen MR) is 96.2 cm³/mol. The van der Waals surface area contributed by atoms with Gasteiger partial charge in [-0.05, 0) is 43.4 Å². The highest BCUT2D eigenvalue weighted by Gasteiger charge is 2.49. The van der Waals surface area contributed by atoms with E-state index in [0.29, 0.717) is 19.5 Å². The van der Waals surface area contributed by atoms with Gasteiger partial charge in [0.2, 0.25) is 11.8 Å². The van der Waals surface area contributed by atoms with Crippen LogP contribution in [-0.4, -0.2) is 48.4 Å². The van der Waals surface area contributed by atoms with Gasteiger partial charge in [0.1, 0.15) is 5.75 Å². The van der Waals surface area contributed by atoms with Gasteiger partial charge in [-0.3, -0.25) is 9.59 Å². The molecule has 0 aromatic heterocycles. The number of piperidine rings is 1. The summed E-state index contributed by atoms with van der Waals surface area (Å²) in [7, 11) is 1.65. The van der Waals surface area contributed by atoms with Crippen LogP contribution in [0, 0.1) is 5.41 Å². The number of rotatable bonds is 5. The average molecular weight is 344 g/mol. The van der Waals surface area contributed by atoms with E-state index in [1.807, 2.05) is 41.0 Å². The highest BCUT2D eigenvalue weighted by atomic mass is 16.5. The van der Waals surface area contributed by atoms with Gasteiger partial charge in [0.15, 0.2) is 0 Å². The number of ether oxygens (including phenoxy) is 1. The molecule has 0 radical (unpaired) electrons. The summed E-state index contributed by atoms with van der Waals surface area (Å²) < 4.78 is 5.28. The molecule has 1 aromatic carbocycles. The van der Waals surface area contributed by atoms with Crippen LogP contribution in [0.5, 0.6) is 5.75 Å². The summed E-state index contributed by atoms with van der Waals surface area (Å²) in [6.07, 6.45) is 4.15. The van der Waals surface area contributed by atoms with Crippen molar-refractivity contribution in [1.82, 2.24) is 9.80 Å². The molecule has 0 aliphatic carbocycles. The molecule has 1 unspecified atom stereocenters. The first-order chi connectivity index (χ1) is 12.1. The Labute approximate surface area is 149 Å². The van der Waals surface area contributed by atoms with Gasteiger partial charge in [-0.2, -0.15) is 0 Å². The van der Waals surface area contributed by atoms with Gasteiger partial charge in [-0.15, -0.1) is 0 Å². The van der Waals surface area contributed by atoms with E-state index >= 15 is 0 Å². The van der Waals surface area contributed by atoms with Crippen molar-refractivity contribution in [2.75, 3.05) is 26.7 Å². The molecule has 2 aliphatic heterocycles. The molecule has 2 saturated heterocycles. The molecule has 5 nitrogen and oxygen atoms in total.